The van der Waals surface area contributed by atoms with Gasteiger partial charge in [0, 0.05) is 25.6 Å². The number of nitro benzene ring substituents is 1. The summed E-state index contributed by atoms with van der Waals surface area (Å²) in [7, 11) is 0. The van der Waals surface area contributed by atoms with E-state index in [0.717, 1.165) is 11.3 Å². The Balaban J connectivity index is 1.74. The van der Waals surface area contributed by atoms with Crippen LogP contribution in [-0.2, 0) is 11.2 Å². The van der Waals surface area contributed by atoms with E-state index in [-0.39, 0.29) is 11.6 Å². The Morgan fingerprint density at radius 3 is 2.62 bits per heavy atom. The molecule has 0 fully saturated rings. The van der Waals surface area contributed by atoms with Crippen LogP contribution in [0.1, 0.15) is 18.9 Å². The van der Waals surface area contributed by atoms with Crippen LogP contribution >= 0.6 is 0 Å². The quantitative estimate of drug-likeness (QED) is 0.387. The number of nitrogens with zero attached hydrogens (tertiary/aromatic N) is 1. The van der Waals surface area contributed by atoms with E-state index in [9.17, 15) is 14.9 Å². The molecule has 0 radical (unpaired) electrons. The van der Waals surface area contributed by atoms with Crippen molar-refractivity contribution < 1.29 is 14.5 Å². The van der Waals surface area contributed by atoms with Gasteiger partial charge in [0.05, 0.1) is 11.5 Å². The van der Waals surface area contributed by atoms with Crippen molar-refractivity contribution >= 4 is 17.3 Å². The Morgan fingerprint density at radius 2 is 1.85 bits per heavy atom. The average molecular weight is 357 g/mol. The molecule has 0 aliphatic carbocycles. The Kier molecular flexibility index (Phi) is 7.42. The number of para-hydroxylation sites is 3. The molecule has 0 unspecified atom stereocenters. The largest absolute Gasteiger partial charge is 0.494 e. The Hall–Kier alpha value is -3.09. The first-order chi connectivity index (χ1) is 12.6. The number of amides is 1. The van der Waals surface area contributed by atoms with Gasteiger partial charge in [-0.05, 0) is 31.0 Å². The van der Waals surface area contributed by atoms with Crippen molar-refractivity contribution in [3.63, 3.8) is 0 Å². The van der Waals surface area contributed by atoms with Crippen molar-refractivity contribution in [2.75, 3.05) is 25.0 Å². The Bertz CT molecular complexity index is 749. The van der Waals surface area contributed by atoms with Crippen LogP contribution in [-0.4, -0.2) is 30.5 Å². The predicted molar refractivity (Wildman–Crippen MR) is 101 cm³/mol. The zero-order valence-corrected chi connectivity index (χ0v) is 14.7. The molecule has 2 N–H and O–H groups in total. The highest BCUT2D eigenvalue weighted by Crippen LogP contribution is 2.22. The molecule has 2 aromatic carbocycles. The smallest absolute Gasteiger partial charge is 0.292 e. The molecule has 7 heteroatoms. The maximum atomic E-state index is 12.0. The lowest BCUT2D eigenvalue weighted by Crippen LogP contribution is -2.29. The highest BCUT2D eigenvalue weighted by molar-refractivity contribution is 5.76. The molecule has 0 aliphatic rings. The summed E-state index contributed by atoms with van der Waals surface area (Å²) in [4.78, 5) is 22.5. The molecule has 1 amide bonds. The van der Waals surface area contributed by atoms with Gasteiger partial charge in [0.15, 0.2) is 0 Å². The second-order valence-electron chi connectivity index (χ2n) is 5.59. The fraction of sp³-hybridized carbons (Fsp3) is 0.316. The number of nitrogens with one attached hydrogen (secondary N) is 2. The maximum Gasteiger partial charge on any atom is 0.292 e. The van der Waals surface area contributed by atoms with Crippen LogP contribution in [0.3, 0.4) is 0 Å². The van der Waals surface area contributed by atoms with Crippen molar-refractivity contribution in [2.45, 2.75) is 19.8 Å². The summed E-state index contributed by atoms with van der Waals surface area (Å²) in [5, 5.41) is 16.7. The molecule has 0 bridgehead atoms. The number of ether oxygens (including phenoxy) is 1. The zero-order chi connectivity index (χ0) is 18.8. The first kappa shape index (κ1) is 19.2. The molecule has 0 aliphatic heterocycles. The molecule has 0 aromatic heterocycles. The number of hydrogen-bond acceptors (Lipinski definition) is 5. The molecule has 0 saturated heterocycles. The van der Waals surface area contributed by atoms with Gasteiger partial charge in [-0.2, -0.15) is 0 Å². The lowest BCUT2D eigenvalue weighted by atomic mass is 10.1. The number of carbonyl (C=O) groups excluding carboxylic acids is 1. The van der Waals surface area contributed by atoms with Crippen molar-refractivity contribution in [1.29, 1.82) is 0 Å². The minimum Gasteiger partial charge on any atom is -0.494 e. The highest BCUT2D eigenvalue weighted by atomic mass is 16.6. The highest BCUT2D eigenvalue weighted by Gasteiger charge is 2.11. The molecular formula is C19H23N3O4. The van der Waals surface area contributed by atoms with Gasteiger partial charge >= 0.3 is 0 Å². The van der Waals surface area contributed by atoms with Gasteiger partial charge in [-0.1, -0.05) is 30.3 Å². The zero-order valence-electron chi connectivity index (χ0n) is 14.7. The molecule has 2 rings (SSSR count). The minimum atomic E-state index is -0.434. The average Bonchev–Trinajstić information content (AvgIpc) is 2.65. The van der Waals surface area contributed by atoms with Crippen LogP contribution in [0.2, 0.25) is 0 Å². The number of benzene rings is 2. The van der Waals surface area contributed by atoms with E-state index in [4.69, 9.17) is 4.74 Å². The molecule has 138 valence electrons. The normalized spacial score (nSPS) is 10.2. The van der Waals surface area contributed by atoms with E-state index in [2.05, 4.69) is 10.6 Å². The third-order valence-electron chi connectivity index (χ3n) is 3.76. The molecule has 26 heavy (non-hydrogen) atoms. The van der Waals surface area contributed by atoms with Crippen LogP contribution < -0.4 is 15.4 Å². The molecule has 7 nitrogen and oxygen atoms in total. The lowest BCUT2D eigenvalue weighted by Gasteiger charge is -2.10. The second-order valence-corrected chi connectivity index (χ2v) is 5.59. The van der Waals surface area contributed by atoms with E-state index in [1.54, 1.807) is 18.2 Å². The Morgan fingerprint density at radius 1 is 1.12 bits per heavy atom. The Labute approximate surface area is 152 Å². The van der Waals surface area contributed by atoms with Gasteiger partial charge in [0.25, 0.3) is 5.69 Å². The van der Waals surface area contributed by atoms with Crippen LogP contribution in [0.4, 0.5) is 11.4 Å². The summed E-state index contributed by atoms with van der Waals surface area (Å²) in [5.41, 5.74) is 1.46. The molecule has 2 aromatic rings. The topological polar surface area (TPSA) is 93.5 Å². The third kappa shape index (κ3) is 5.77. The number of hydrogen-bond donors (Lipinski definition) is 2. The van der Waals surface area contributed by atoms with Crippen molar-refractivity contribution in [1.82, 2.24) is 5.32 Å². The first-order valence-electron chi connectivity index (χ1n) is 8.56. The van der Waals surface area contributed by atoms with E-state index in [1.165, 1.54) is 6.07 Å². The molecule has 0 atom stereocenters. The van der Waals surface area contributed by atoms with Crippen LogP contribution in [0.15, 0.2) is 48.5 Å². The predicted octanol–water partition coefficient (Wildman–Crippen LogP) is 3.15. The van der Waals surface area contributed by atoms with Gasteiger partial charge < -0.3 is 15.4 Å². The van der Waals surface area contributed by atoms with Crippen LogP contribution in [0.25, 0.3) is 0 Å². The van der Waals surface area contributed by atoms with E-state index < -0.39 is 4.92 Å². The van der Waals surface area contributed by atoms with Gasteiger partial charge in [-0.15, -0.1) is 0 Å². The summed E-state index contributed by atoms with van der Waals surface area (Å²) in [6.07, 6.45) is 0.954. The van der Waals surface area contributed by atoms with Crippen molar-refractivity contribution in [3.8, 4) is 5.75 Å². The number of nitro groups is 1. The SMILES string of the molecule is CCOc1ccccc1CCC(=O)NCCNc1ccccc1[N+](=O)[O-]. The summed E-state index contributed by atoms with van der Waals surface area (Å²) in [6.45, 7) is 3.30. The molecule has 0 spiro atoms. The van der Waals surface area contributed by atoms with E-state index in [0.29, 0.717) is 38.2 Å². The number of anilines is 1. The van der Waals surface area contributed by atoms with Gasteiger partial charge in [0.1, 0.15) is 11.4 Å². The standard InChI is InChI=1S/C19H23N3O4/c1-2-26-18-10-6-3-7-15(18)11-12-19(23)21-14-13-20-16-8-4-5-9-17(16)22(24)25/h3-10,20H,2,11-14H2,1H3,(H,21,23). The fourth-order valence-electron chi connectivity index (χ4n) is 2.52. The fourth-order valence-corrected chi connectivity index (χ4v) is 2.52. The summed E-state index contributed by atoms with van der Waals surface area (Å²) in [6, 6.07) is 14.1. The number of rotatable bonds is 10. The molecule has 0 heterocycles. The van der Waals surface area contributed by atoms with Crippen LogP contribution in [0.5, 0.6) is 5.75 Å². The van der Waals surface area contributed by atoms with Gasteiger partial charge in [-0.25, -0.2) is 0 Å². The second kappa shape index (κ2) is 10.0. The van der Waals surface area contributed by atoms with Gasteiger partial charge in [0.2, 0.25) is 5.91 Å². The van der Waals surface area contributed by atoms with Crippen molar-refractivity contribution in [2.24, 2.45) is 0 Å². The summed E-state index contributed by atoms with van der Waals surface area (Å²) < 4.78 is 5.55. The summed E-state index contributed by atoms with van der Waals surface area (Å²) >= 11 is 0. The molecular weight excluding hydrogens is 334 g/mol. The van der Waals surface area contributed by atoms with Gasteiger partial charge in [-0.3, -0.25) is 14.9 Å². The number of aryl methyl sites for hydroxylation is 1. The maximum absolute atomic E-state index is 12.0. The summed E-state index contributed by atoms with van der Waals surface area (Å²) in [5.74, 6) is 0.738. The first-order valence-corrected chi connectivity index (χ1v) is 8.56. The van der Waals surface area contributed by atoms with Crippen molar-refractivity contribution in [3.05, 3.63) is 64.2 Å². The van der Waals surface area contributed by atoms with E-state index >= 15 is 0 Å². The molecule has 0 saturated carbocycles. The van der Waals surface area contributed by atoms with E-state index in [1.807, 2.05) is 31.2 Å². The number of carbonyl (C=O) groups is 1. The van der Waals surface area contributed by atoms with Crippen LogP contribution in [0, 0.1) is 10.1 Å². The minimum absolute atomic E-state index is 0.0198. The third-order valence-corrected chi connectivity index (χ3v) is 3.76. The monoisotopic (exact) mass is 357 g/mol. The lowest BCUT2D eigenvalue weighted by molar-refractivity contribution is -0.384.